The summed E-state index contributed by atoms with van der Waals surface area (Å²) in [6.45, 7) is 4.46. The highest BCUT2D eigenvalue weighted by Gasteiger charge is 2.46. The summed E-state index contributed by atoms with van der Waals surface area (Å²) in [6, 6.07) is 7.23. The Kier molecular flexibility index (Phi) is 5.35. The molecule has 0 unspecified atom stereocenters. The van der Waals surface area contributed by atoms with Gasteiger partial charge in [0.1, 0.15) is 0 Å². The maximum atomic E-state index is 11.6. The second-order valence-corrected chi connectivity index (χ2v) is 8.75. The summed E-state index contributed by atoms with van der Waals surface area (Å²) in [5.74, 6) is 1.44. The van der Waals surface area contributed by atoms with Crippen molar-refractivity contribution in [2.45, 2.75) is 70.6 Å². The number of aryl methyl sites for hydroxylation is 1. The molecule has 3 nitrogen and oxygen atoms in total. The van der Waals surface area contributed by atoms with Crippen molar-refractivity contribution in [3.05, 3.63) is 34.9 Å². The molecule has 1 heterocycles. The van der Waals surface area contributed by atoms with Gasteiger partial charge < -0.3 is 9.47 Å². The van der Waals surface area contributed by atoms with E-state index in [1.165, 1.54) is 44.1 Å². The fraction of sp³-hybridized carbons (Fsp3) is 0.696. The lowest BCUT2D eigenvalue weighted by Crippen LogP contribution is -2.17. The second kappa shape index (κ2) is 7.72. The van der Waals surface area contributed by atoms with E-state index in [-0.39, 0.29) is 11.4 Å². The van der Waals surface area contributed by atoms with Crippen LogP contribution >= 0.6 is 0 Å². The average Bonchev–Trinajstić information content (AvgIpc) is 3.24. The summed E-state index contributed by atoms with van der Waals surface area (Å²) in [5, 5.41) is 0. The van der Waals surface area contributed by atoms with E-state index in [1.54, 1.807) is 11.1 Å². The van der Waals surface area contributed by atoms with Crippen LogP contribution in [-0.2, 0) is 27.1 Å². The van der Waals surface area contributed by atoms with Crippen molar-refractivity contribution in [1.82, 2.24) is 0 Å². The molecular weight excluding hydrogens is 324 g/mol. The van der Waals surface area contributed by atoms with Crippen LogP contribution in [0.4, 0.5) is 0 Å². The maximum absolute atomic E-state index is 11.6. The number of benzene rings is 1. The van der Waals surface area contributed by atoms with Crippen LogP contribution in [0.2, 0.25) is 0 Å². The fourth-order valence-electron chi connectivity index (χ4n) is 5.39. The summed E-state index contributed by atoms with van der Waals surface area (Å²) in [4.78, 5) is 11.6. The molecule has 0 N–H and O–H groups in total. The van der Waals surface area contributed by atoms with Crippen molar-refractivity contribution < 1.29 is 14.3 Å². The lowest BCUT2D eigenvalue weighted by atomic mass is 9.79. The quantitative estimate of drug-likeness (QED) is 0.542. The Bertz CT molecular complexity index is 653. The fourth-order valence-corrected chi connectivity index (χ4v) is 5.39. The van der Waals surface area contributed by atoms with Gasteiger partial charge in [-0.3, -0.25) is 4.79 Å². The monoisotopic (exact) mass is 356 g/mol. The Balaban J connectivity index is 1.36. The SMILES string of the molecule is CCOCCC[C@@H]1CCc2cc([C@@H]3CC[C@]4(COC(=O)C4)C3)ccc2C1. The van der Waals surface area contributed by atoms with Gasteiger partial charge in [0.25, 0.3) is 0 Å². The average molecular weight is 357 g/mol. The Morgan fingerprint density at radius 2 is 2.19 bits per heavy atom. The van der Waals surface area contributed by atoms with Crippen molar-refractivity contribution >= 4 is 5.97 Å². The number of hydrogen-bond acceptors (Lipinski definition) is 3. The minimum atomic E-state index is 0.00599. The van der Waals surface area contributed by atoms with Crippen LogP contribution in [0.3, 0.4) is 0 Å². The molecule has 2 fully saturated rings. The topological polar surface area (TPSA) is 35.5 Å². The highest BCUT2D eigenvalue weighted by Crippen LogP contribution is 2.51. The van der Waals surface area contributed by atoms with Gasteiger partial charge in [-0.2, -0.15) is 0 Å². The molecule has 142 valence electrons. The van der Waals surface area contributed by atoms with E-state index < -0.39 is 0 Å². The predicted octanol–water partition coefficient (Wildman–Crippen LogP) is 4.81. The van der Waals surface area contributed by atoms with Crippen molar-refractivity contribution in [2.24, 2.45) is 11.3 Å². The standard InChI is InChI=1S/C23H32O3/c1-2-25-11-3-4-17-5-6-19-13-20(8-7-18(19)12-17)21-9-10-23(14-21)15-22(24)26-16-23/h7-8,13,17,21H,2-6,9-12,14-16H2,1H3/t17-,21-,23+/m1/s1. The Morgan fingerprint density at radius 1 is 1.27 bits per heavy atom. The number of esters is 1. The molecule has 3 heteroatoms. The minimum Gasteiger partial charge on any atom is -0.465 e. The van der Waals surface area contributed by atoms with Crippen LogP contribution in [0.25, 0.3) is 0 Å². The summed E-state index contributed by atoms with van der Waals surface area (Å²) in [7, 11) is 0. The summed E-state index contributed by atoms with van der Waals surface area (Å²) in [6.07, 6.45) is 10.4. The molecule has 1 aromatic rings. The molecule has 2 aliphatic carbocycles. The third-order valence-corrected chi connectivity index (χ3v) is 6.90. The molecular formula is C23H32O3. The second-order valence-electron chi connectivity index (χ2n) is 8.75. The van der Waals surface area contributed by atoms with Crippen LogP contribution in [0.15, 0.2) is 18.2 Å². The van der Waals surface area contributed by atoms with Gasteiger partial charge in [0.15, 0.2) is 0 Å². The van der Waals surface area contributed by atoms with Crippen molar-refractivity contribution in [1.29, 1.82) is 0 Å². The Labute approximate surface area is 157 Å². The molecule has 1 spiro atoms. The first-order chi connectivity index (χ1) is 12.7. The smallest absolute Gasteiger partial charge is 0.306 e. The molecule has 0 amide bonds. The minimum absolute atomic E-state index is 0.00599. The van der Waals surface area contributed by atoms with E-state index in [0.717, 1.165) is 32.0 Å². The molecule has 26 heavy (non-hydrogen) atoms. The van der Waals surface area contributed by atoms with Gasteiger partial charge >= 0.3 is 5.97 Å². The molecule has 1 saturated carbocycles. The molecule has 3 aliphatic rings. The summed E-state index contributed by atoms with van der Waals surface area (Å²) < 4.78 is 10.8. The lowest BCUT2D eigenvalue weighted by Gasteiger charge is -2.26. The summed E-state index contributed by atoms with van der Waals surface area (Å²) in [5.41, 5.74) is 4.77. The van der Waals surface area contributed by atoms with Crippen LogP contribution in [0, 0.1) is 11.3 Å². The first-order valence-electron chi connectivity index (χ1n) is 10.5. The highest BCUT2D eigenvalue weighted by atomic mass is 16.5. The van der Waals surface area contributed by atoms with Gasteiger partial charge in [-0.05, 0) is 86.8 Å². The Morgan fingerprint density at radius 3 is 3.00 bits per heavy atom. The van der Waals surface area contributed by atoms with E-state index in [9.17, 15) is 4.79 Å². The van der Waals surface area contributed by atoms with E-state index in [2.05, 4.69) is 25.1 Å². The van der Waals surface area contributed by atoms with E-state index in [0.29, 0.717) is 18.9 Å². The number of rotatable bonds is 6. The molecule has 3 atom stereocenters. The van der Waals surface area contributed by atoms with Gasteiger partial charge in [0.05, 0.1) is 13.0 Å². The third kappa shape index (κ3) is 3.83. The number of ether oxygens (including phenoxy) is 2. The molecule has 1 saturated heterocycles. The number of fused-ring (bicyclic) bond motifs is 1. The third-order valence-electron chi connectivity index (χ3n) is 6.90. The zero-order valence-corrected chi connectivity index (χ0v) is 16.1. The van der Waals surface area contributed by atoms with E-state index >= 15 is 0 Å². The first-order valence-corrected chi connectivity index (χ1v) is 10.5. The molecule has 0 radical (unpaired) electrons. The number of carbonyl (C=O) groups excluding carboxylic acids is 1. The predicted molar refractivity (Wildman–Crippen MR) is 102 cm³/mol. The van der Waals surface area contributed by atoms with Crippen LogP contribution in [0.5, 0.6) is 0 Å². The van der Waals surface area contributed by atoms with E-state index in [4.69, 9.17) is 9.47 Å². The van der Waals surface area contributed by atoms with Gasteiger partial charge in [-0.25, -0.2) is 0 Å². The maximum Gasteiger partial charge on any atom is 0.306 e. The van der Waals surface area contributed by atoms with Crippen LogP contribution < -0.4 is 0 Å². The van der Waals surface area contributed by atoms with Gasteiger partial charge in [-0.1, -0.05) is 18.2 Å². The molecule has 1 aliphatic heterocycles. The van der Waals surface area contributed by atoms with E-state index in [1.807, 2.05) is 0 Å². The number of hydrogen-bond donors (Lipinski definition) is 0. The molecule has 4 rings (SSSR count). The molecule has 0 bridgehead atoms. The normalized spacial score (nSPS) is 30.6. The van der Waals surface area contributed by atoms with Crippen molar-refractivity contribution in [3.63, 3.8) is 0 Å². The van der Waals surface area contributed by atoms with Crippen LogP contribution in [-0.4, -0.2) is 25.8 Å². The zero-order valence-electron chi connectivity index (χ0n) is 16.1. The number of carbonyl (C=O) groups is 1. The molecule has 1 aromatic carbocycles. The van der Waals surface area contributed by atoms with Crippen molar-refractivity contribution in [3.8, 4) is 0 Å². The lowest BCUT2D eigenvalue weighted by molar-refractivity contribution is -0.137. The van der Waals surface area contributed by atoms with Crippen LogP contribution in [0.1, 0.15) is 74.5 Å². The van der Waals surface area contributed by atoms with Gasteiger partial charge in [0, 0.05) is 18.6 Å². The highest BCUT2D eigenvalue weighted by molar-refractivity contribution is 5.72. The Hall–Kier alpha value is -1.35. The zero-order chi connectivity index (χ0) is 18.0. The van der Waals surface area contributed by atoms with Gasteiger partial charge in [-0.15, -0.1) is 0 Å². The summed E-state index contributed by atoms with van der Waals surface area (Å²) >= 11 is 0. The first kappa shape index (κ1) is 18.0. The number of cyclic esters (lactones) is 1. The van der Waals surface area contributed by atoms with Gasteiger partial charge in [0.2, 0.25) is 0 Å². The van der Waals surface area contributed by atoms with Crippen molar-refractivity contribution in [2.75, 3.05) is 19.8 Å². The molecule has 0 aromatic heterocycles. The largest absolute Gasteiger partial charge is 0.465 e.